The molecule has 0 radical (unpaired) electrons. The molecular weight excluding hydrogens is 342 g/mol. The van der Waals surface area contributed by atoms with Crippen molar-refractivity contribution in [2.24, 2.45) is 0 Å². The van der Waals surface area contributed by atoms with Crippen LogP contribution in [-0.4, -0.2) is 48.1 Å². The van der Waals surface area contributed by atoms with Crippen molar-refractivity contribution in [3.63, 3.8) is 0 Å². The Morgan fingerprint density at radius 1 is 1.11 bits per heavy atom. The third kappa shape index (κ3) is 5.53. The monoisotopic (exact) mass is 373 g/mol. The Hall–Kier alpha value is -1.92. The Morgan fingerprint density at radius 2 is 1.81 bits per heavy atom. The van der Waals surface area contributed by atoms with Crippen LogP contribution in [0.15, 0.2) is 30.3 Å². The largest absolute Gasteiger partial charge is 0.368 e. The molecule has 3 atom stereocenters. The molecule has 1 aromatic rings. The van der Waals surface area contributed by atoms with E-state index >= 15 is 0 Å². The lowest BCUT2D eigenvalue weighted by atomic mass is 9.96. The van der Waals surface area contributed by atoms with Gasteiger partial charge in [0.05, 0.1) is 18.2 Å². The molecule has 148 valence electrons. The van der Waals surface area contributed by atoms with Crippen molar-refractivity contribution in [2.75, 3.05) is 13.1 Å². The maximum absolute atomic E-state index is 12.6. The van der Waals surface area contributed by atoms with Gasteiger partial charge in [-0.2, -0.15) is 0 Å². The molecule has 2 N–H and O–H groups in total. The van der Waals surface area contributed by atoms with Gasteiger partial charge in [-0.25, -0.2) is 4.79 Å². The number of carbonyl (C=O) groups excluding carboxylic acids is 2. The first kappa shape index (κ1) is 19.8. The van der Waals surface area contributed by atoms with Crippen LogP contribution in [0.3, 0.4) is 0 Å². The predicted octanol–water partition coefficient (Wildman–Crippen LogP) is 3.00. The Bertz CT molecular complexity index is 631. The average molecular weight is 373 g/mol. The third-order valence-electron chi connectivity index (χ3n) is 5.56. The van der Waals surface area contributed by atoms with Gasteiger partial charge in [0.25, 0.3) is 0 Å². The summed E-state index contributed by atoms with van der Waals surface area (Å²) >= 11 is 0. The van der Waals surface area contributed by atoms with Crippen molar-refractivity contribution in [1.29, 1.82) is 0 Å². The zero-order valence-corrected chi connectivity index (χ0v) is 16.3. The summed E-state index contributed by atoms with van der Waals surface area (Å²) in [5, 5.41) is 5.46. The summed E-state index contributed by atoms with van der Waals surface area (Å²) in [5.41, 5.74) is 1.11. The first-order valence-electron chi connectivity index (χ1n) is 10.1. The van der Waals surface area contributed by atoms with Crippen molar-refractivity contribution < 1.29 is 14.3 Å². The summed E-state index contributed by atoms with van der Waals surface area (Å²) in [4.78, 5) is 26.9. The van der Waals surface area contributed by atoms with Crippen LogP contribution in [0.2, 0.25) is 0 Å². The minimum absolute atomic E-state index is 0.0234. The number of amides is 3. The van der Waals surface area contributed by atoms with Gasteiger partial charge in [-0.05, 0) is 32.3 Å². The number of rotatable bonds is 4. The topological polar surface area (TPSA) is 70.7 Å². The highest BCUT2D eigenvalue weighted by atomic mass is 16.5. The number of urea groups is 1. The highest BCUT2D eigenvalue weighted by molar-refractivity contribution is 5.96. The van der Waals surface area contributed by atoms with Crippen LogP contribution in [0.4, 0.5) is 4.79 Å². The van der Waals surface area contributed by atoms with Crippen LogP contribution in [0, 0.1) is 0 Å². The van der Waals surface area contributed by atoms with E-state index in [2.05, 4.69) is 15.5 Å². The van der Waals surface area contributed by atoms with Crippen LogP contribution < -0.4 is 10.6 Å². The van der Waals surface area contributed by atoms with E-state index in [0.717, 1.165) is 31.2 Å². The minimum atomic E-state index is -0.389. The SMILES string of the molecule is CC1CN(C(C)C(=O)NC(=O)NC2CCCCC2)CC(c2ccccc2)O1. The van der Waals surface area contributed by atoms with Gasteiger partial charge in [0.15, 0.2) is 0 Å². The predicted molar refractivity (Wildman–Crippen MR) is 104 cm³/mol. The number of nitrogens with one attached hydrogen (secondary N) is 2. The first-order valence-corrected chi connectivity index (χ1v) is 10.1. The number of morpholine rings is 1. The van der Waals surface area contributed by atoms with Crippen LogP contribution in [0.25, 0.3) is 0 Å². The van der Waals surface area contributed by atoms with Crippen molar-refractivity contribution in [1.82, 2.24) is 15.5 Å². The highest BCUT2D eigenvalue weighted by Gasteiger charge is 2.32. The highest BCUT2D eigenvalue weighted by Crippen LogP contribution is 2.26. The summed E-state index contributed by atoms with van der Waals surface area (Å²) in [5.74, 6) is -0.260. The standard InChI is InChI=1S/C21H31N3O3/c1-15-13-24(14-19(27-15)17-9-5-3-6-10-17)16(2)20(25)23-21(26)22-18-11-7-4-8-12-18/h3,5-6,9-10,15-16,18-19H,4,7-8,11-14H2,1-2H3,(H2,22,23,25,26). The quantitative estimate of drug-likeness (QED) is 0.851. The Balaban J connectivity index is 1.54. The Labute approximate surface area is 161 Å². The zero-order chi connectivity index (χ0) is 19.2. The fourth-order valence-electron chi connectivity index (χ4n) is 4.00. The van der Waals surface area contributed by atoms with Gasteiger partial charge in [0, 0.05) is 19.1 Å². The lowest BCUT2D eigenvalue weighted by Crippen LogP contribution is -2.55. The second-order valence-corrected chi connectivity index (χ2v) is 7.77. The van der Waals surface area contributed by atoms with Gasteiger partial charge >= 0.3 is 6.03 Å². The molecule has 0 bridgehead atoms. The fourth-order valence-corrected chi connectivity index (χ4v) is 4.00. The molecule has 3 unspecified atom stereocenters. The van der Waals surface area contributed by atoms with E-state index in [-0.39, 0.29) is 36.2 Å². The second-order valence-electron chi connectivity index (χ2n) is 7.77. The summed E-state index contributed by atoms with van der Waals surface area (Å²) in [6, 6.07) is 9.48. The van der Waals surface area contributed by atoms with Crippen LogP contribution in [-0.2, 0) is 9.53 Å². The molecule has 1 saturated heterocycles. The number of nitrogens with zero attached hydrogens (tertiary/aromatic N) is 1. The molecular formula is C21H31N3O3. The molecule has 0 spiro atoms. The molecule has 1 heterocycles. The lowest BCUT2D eigenvalue weighted by Gasteiger charge is -2.39. The molecule has 1 aromatic carbocycles. The lowest BCUT2D eigenvalue weighted by molar-refractivity contribution is -0.132. The molecule has 27 heavy (non-hydrogen) atoms. The molecule has 1 aliphatic carbocycles. The van der Waals surface area contributed by atoms with Gasteiger partial charge < -0.3 is 10.1 Å². The van der Waals surface area contributed by atoms with Crippen molar-refractivity contribution in [2.45, 2.75) is 70.2 Å². The smallest absolute Gasteiger partial charge is 0.321 e. The average Bonchev–Trinajstić information content (AvgIpc) is 2.68. The number of benzene rings is 1. The Morgan fingerprint density at radius 3 is 2.52 bits per heavy atom. The second kappa shape index (κ2) is 9.33. The van der Waals surface area contributed by atoms with Crippen molar-refractivity contribution in [3.05, 3.63) is 35.9 Å². The molecule has 6 nitrogen and oxygen atoms in total. The van der Waals surface area contributed by atoms with Crippen LogP contribution in [0.5, 0.6) is 0 Å². The number of ether oxygens (including phenoxy) is 1. The Kier molecular flexibility index (Phi) is 6.85. The van der Waals surface area contributed by atoms with Crippen molar-refractivity contribution >= 4 is 11.9 Å². The molecule has 2 aliphatic rings. The van der Waals surface area contributed by atoms with E-state index in [1.54, 1.807) is 0 Å². The van der Waals surface area contributed by atoms with Crippen LogP contribution >= 0.6 is 0 Å². The van der Waals surface area contributed by atoms with E-state index in [0.29, 0.717) is 13.1 Å². The van der Waals surface area contributed by atoms with E-state index in [1.165, 1.54) is 6.42 Å². The van der Waals surface area contributed by atoms with E-state index < -0.39 is 0 Å². The molecule has 0 aromatic heterocycles. The minimum Gasteiger partial charge on any atom is -0.368 e. The van der Waals surface area contributed by atoms with Gasteiger partial charge in [0.2, 0.25) is 5.91 Å². The molecule has 3 rings (SSSR count). The van der Waals surface area contributed by atoms with Gasteiger partial charge in [-0.15, -0.1) is 0 Å². The summed E-state index contributed by atoms with van der Waals surface area (Å²) in [6.07, 6.45) is 5.46. The zero-order valence-electron chi connectivity index (χ0n) is 16.3. The van der Waals surface area contributed by atoms with Gasteiger partial charge in [-0.1, -0.05) is 49.6 Å². The molecule has 1 saturated carbocycles. The molecule has 3 amide bonds. The van der Waals surface area contributed by atoms with Crippen LogP contribution in [0.1, 0.15) is 57.6 Å². The first-order chi connectivity index (χ1) is 13.0. The summed E-state index contributed by atoms with van der Waals surface area (Å²) in [6.45, 7) is 5.17. The maximum atomic E-state index is 12.6. The summed E-state index contributed by atoms with van der Waals surface area (Å²) in [7, 11) is 0. The van der Waals surface area contributed by atoms with E-state index in [1.807, 2.05) is 44.2 Å². The van der Waals surface area contributed by atoms with Gasteiger partial charge in [-0.3, -0.25) is 15.0 Å². The number of hydrogen-bond donors (Lipinski definition) is 2. The molecule has 1 aliphatic heterocycles. The molecule has 2 fully saturated rings. The third-order valence-corrected chi connectivity index (χ3v) is 5.56. The number of carbonyl (C=O) groups is 2. The fraction of sp³-hybridized carbons (Fsp3) is 0.619. The number of imide groups is 1. The van der Waals surface area contributed by atoms with Gasteiger partial charge in [0.1, 0.15) is 0 Å². The van der Waals surface area contributed by atoms with Crippen molar-refractivity contribution in [3.8, 4) is 0 Å². The normalized spacial score (nSPS) is 25.6. The molecule has 6 heteroatoms. The number of hydrogen-bond acceptors (Lipinski definition) is 4. The summed E-state index contributed by atoms with van der Waals surface area (Å²) < 4.78 is 6.06. The van der Waals surface area contributed by atoms with E-state index in [4.69, 9.17) is 4.74 Å². The van der Waals surface area contributed by atoms with E-state index in [9.17, 15) is 9.59 Å². The maximum Gasteiger partial charge on any atom is 0.321 e.